The Morgan fingerprint density at radius 3 is 2.47 bits per heavy atom. The predicted molar refractivity (Wildman–Crippen MR) is 126 cm³/mol. The molecule has 1 heterocycles. The van der Waals surface area contributed by atoms with Crippen molar-refractivity contribution in [2.45, 2.75) is 13.3 Å². The van der Waals surface area contributed by atoms with E-state index in [0.29, 0.717) is 16.9 Å². The Morgan fingerprint density at radius 2 is 1.71 bits per heavy atom. The van der Waals surface area contributed by atoms with Crippen LogP contribution in [0.3, 0.4) is 0 Å². The normalized spacial score (nSPS) is 15.3. The van der Waals surface area contributed by atoms with Crippen molar-refractivity contribution in [2.75, 3.05) is 30.0 Å². The van der Waals surface area contributed by atoms with Crippen molar-refractivity contribution in [3.05, 3.63) is 72.3 Å². The summed E-state index contributed by atoms with van der Waals surface area (Å²) in [6.45, 7) is 1.69. The lowest BCUT2D eigenvalue weighted by Gasteiger charge is -2.17. The lowest BCUT2D eigenvalue weighted by atomic mass is 10.1. The second-order valence-electron chi connectivity index (χ2n) is 7.86. The van der Waals surface area contributed by atoms with Crippen molar-refractivity contribution in [3.63, 3.8) is 0 Å². The second-order valence-corrected chi connectivity index (χ2v) is 7.86. The van der Waals surface area contributed by atoms with Gasteiger partial charge in [0.1, 0.15) is 0 Å². The summed E-state index contributed by atoms with van der Waals surface area (Å²) in [5, 5.41) is 4.63. The predicted octanol–water partition coefficient (Wildman–Crippen LogP) is 3.55. The van der Waals surface area contributed by atoms with Gasteiger partial charge in [0, 0.05) is 29.7 Å². The Balaban J connectivity index is 1.32. The molecule has 1 N–H and O–H groups in total. The van der Waals surface area contributed by atoms with Gasteiger partial charge in [0.05, 0.1) is 18.1 Å². The van der Waals surface area contributed by atoms with Crippen LogP contribution in [0.2, 0.25) is 0 Å². The van der Waals surface area contributed by atoms with E-state index in [9.17, 15) is 19.2 Å². The molecule has 3 aromatic rings. The van der Waals surface area contributed by atoms with Gasteiger partial charge < -0.3 is 19.7 Å². The first-order valence-electron chi connectivity index (χ1n) is 11.0. The molecule has 1 fully saturated rings. The molecule has 8 heteroatoms. The number of hydrogen-bond donors (Lipinski definition) is 1. The first-order chi connectivity index (χ1) is 16.5. The fourth-order valence-corrected chi connectivity index (χ4v) is 3.88. The fourth-order valence-electron chi connectivity index (χ4n) is 3.88. The van der Waals surface area contributed by atoms with Crippen molar-refractivity contribution < 1.29 is 28.7 Å². The SMILES string of the molecule is CCOC(=O)c1ccc(N2C[C@H](C(=O)OCC(=O)Nc3cccc4ccccc34)CC2=O)cc1. The molecule has 4 rings (SSSR count). The number of rotatable bonds is 7. The van der Waals surface area contributed by atoms with E-state index in [1.54, 1.807) is 37.3 Å². The Hall–Kier alpha value is -4.20. The summed E-state index contributed by atoms with van der Waals surface area (Å²) in [4.78, 5) is 50.6. The monoisotopic (exact) mass is 460 g/mol. The Morgan fingerprint density at radius 1 is 0.971 bits per heavy atom. The number of benzene rings is 3. The Labute approximate surface area is 196 Å². The van der Waals surface area contributed by atoms with Crippen LogP contribution in [-0.4, -0.2) is 43.5 Å². The van der Waals surface area contributed by atoms with E-state index in [4.69, 9.17) is 9.47 Å². The molecule has 3 aromatic carbocycles. The molecule has 0 aliphatic carbocycles. The molecule has 174 valence electrons. The maximum Gasteiger partial charge on any atom is 0.338 e. The highest BCUT2D eigenvalue weighted by Crippen LogP contribution is 2.27. The van der Waals surface area contributed by atoms with Crippen molar-refractivity contribution in [3.8, 4) is 0 Å². The summed E-state index contributed by atoms with van der Waals surface area (Å²) >= 11 is 0. The largest absolute Gasteiger partial charge is 0.462 e. The highest BCUT2D eigenvalue weighted by Gasteiger charge is 2.36. The molecule has 8 nitrogen and oxygen atoms in total. The number of nitrogens with one attached hydrogen (secondary N) is 1. The van der Waals surface area contributed by atoms with Gasteiger partial charge in [-0.25, -0.2) is 4.79 Å². The smallest absolute Gasteiger partial charge is 0.338 e. The molecule has 0 unspecified atom stereocenters. The first kappa shape index (κ1) is 23.0. The van der Waals surface area contributed by atoms with Gasteiger partial charge in [0.2, 0.25) is 5.91 Å². The third-order valence-corrected chi connectivity index (χ3v) is 5.56. The van der Waals surface area contributed by atoms with Gasteiger partial charge in [-0.1, -0.05) is 36.4 Å². The zero-order valence-electron chi connectivity index (χ0n) is 18.7. The summed E-state index contributed by atoms with van der Waals surface area (Å²) in [6, 6.07) is 19.6. The summed E-state index contributed by atoms with van der Waals surface area (Å²) in [5.41, 5.74) is 1.58. The van der Waals surface area contributed by atoms with Crippen molar-refractivity contribution >= 4 is 45.9 Å². The number of carbonyl (C=O) groups excluding carboxylic acids is 4. The van der Waals surface area contributed by atoms with Gasteiger partial charge >= 0.3 is 11.9 Å². The number of amides is 2. The highest BCUT2D eigenvalue weighted by molar-refractivity contribution is 6.03. The van der Waals surface area contributed by atoms with Crippen LogP contribution < -0.4 is 10.2 Å². The summed E-state index contributed by atoms with van der Waals surface area (Å²) in [5.74, 6) is -2.41. The minimum absolute atomic E-state index is 0.0105. The van der Waals surface area contributed by atoms with Crippen LogP contribution in [0.5, 0.6) is 0 Å². The minimum atomic E-state index is -0.678. The summed E-state index contributed by atoms with van der Waals surface area (Å²) in [6.07, 6.45) is -0.0105. The van der Waals surface area contributed by atoms with Crippen molar-refractivity contribution in [2.24, 2.45) is 5.92 Å². The van der Waals surface area contributed by atoms with Gasteiger partial charge in [-0.3, -0.25) is 14.4 Å². The first-order valence-corrected chi connectivity index (χ1v) is 11.0. The quantitative estimate of drug-likeness (QED) is 0.541. The molecule has 0 aromatic heterocycles. The molecular formula is C26H24N2O6. The van der Waals surface area contributed by atoms with E-state index in [1.165, 1.54) is 4.90 Å². The lowest BCUT2D eigenvalue weighted by Crippen LogP contribution is -2.28. The number of anilines is 2. The third kappa shape index (κ3) is 5.06. The molecule has 1 atom stereocenters. The van der Waals surface area contributed by atoms with E-state index in [0.717, 1.165) is 10.8 Å². The third-order valence-electron chi connectivity index (χ3n) is 5.56. The molecule has 34 heavy (non-hydrogen) atoms. The Bertz CT molecular complexity index is 1230. The fraction of sp³-hybridized carbons (Fsp3) is 0.231. The van der Waals surface area contributed by atoms with Crippen LogP contribution >= 0.6 is 0 Å². The molecule has 0 radical (unpaired) electrons. The molecule has 1 aliphatic heterocycles. The molecule has 2 amide bonds. The number of ether oxygens (including phenoxy) is 2. The number of esters is 2. The maximum absolute atomic E-state index is 12.5. The van der Waals surface area contributed by atoms with Gasteiger partial charge in [-0.05, 0) is 42.6 Å². The van der Waals surface area contributed by atoms with Gasteiger partial charge in [-0.15, -0.1) is 0 Å². The Kier molecular flexibility index (Phi) is 6.87. The minimum Gasteiger partial charge on any atom is -0.462 e. The van der Waals surface area contributed by atoms with Crippen LogP contribution in [-0.2, 0) is 23.9 Å². The van der Waals surface area contributed by atoms with E-state index < -0.39 is 30.4 Å². The standard InChI is InChI=1S/C26H24N2O6/c1-2-33-25(31)18-10-12-20(13-11-18)28-15-19(14-24(28)30)26(32)34-16-23(29)27-22-9-5-7-17-6-3-4-8-21(17)22/h3-13,19H,2,14-16H2,1H3,(H,27,29)/t19-/m1/s1. The van der Waals surface area contributed by atoms with Crippen LogP contribution in [0, 0.1) is 5.92 Å². The lowest BCUT2D eigenvalue weighted by molar-refractivity contribution is -0.151. The van der Waals surface area contributed by atoms with Crippen molar-refractivity contribution in [1.82, 2.24) is 0 Å². The zero-order chi connectivity index (χ0) is 24.1. The highest BCUT2D eigenvalue weighted by atomic mass is 16.5. The van der Waals surface area contributed by atoms with Crippen LogP contribution in [0.4, 0.5) is 11.4 Å². The average molecular weight is 460 g/mol. The molecule has 0 saturated carbocycles. The van der Waals surface area contributed by atoms with E-state index in [2.05, 4.69) is 5.32 Å². The summed E-state index contributed by atoms with van der Waals surface area (Å²) < 4.78 is 10.1. The number of nitrogens with zero attached hydrogens (tertiary/aromatic N) is 1. The molecule has 0 bridgehead atoms. The van der Waals surface area contributed by atoms with E-state index >= 15 is 0 Å². The number of hydrogen-bond acceptors (Lipinski definition) is 6. The molecule has 1 aliphatic rings. The molecule has 1 saturated heterocycles. The number of fused-ring (bicyclic) bond motifs is 1. The van der Waals surface area contributed by atoms with Crippen molar-refractivity contribution in [1.29, 1.82) is 0 Å². The molecule has 0 spiro atoms. The topological polar surface area (TPSA) is 102 Å². The summed E-state index contributed by atoms with van der Waals surface area (Å²) in [7, 11) is 0. The molecular weight excluding hydrogens is 436 g/mol. The van der Waals surface area contributed by atoms with Crippen LogP contribution in [0.1, 0.15) is 23.7 Å². The van der Waals surface area contributed by atoms with E-state index in [-0.39, 0.29) is 25.5 Å². The van der Waals surface area contributed by atoms with Crippen LogP contribution in [0.25, 0.3) is 10.8 Å². The van der Waals surface area contributed by atoms with Gasteiger partial charge in [0.25, 0.3) is 5.91 Å². The average Bonchev–Trinajstić information content (AvgIpc) is 3.24. The second kappa shape index (κ2) is 10.2. The van der Waals surface area contributed by atoms with E-state index in [1.807, 2.05) is 36.4 Å². The van der Waals surface area contributed by atoms with Gasteiger partial charge in [-0.2, -0.15) is 0 Å². The zero-order valence-corrected chi connectivity index (χ0v) is 18.7. The maximum atomic E-state index is 12.5. The number of carbonyl (C=O) groups is 4. The van der Waals surface area contributed by atoms with Gasteiger partial charge in [0.15, 0.2) is 6.61 Å². The van der Waals surface area contributed by atoms with Crippen LogP contribution in [0.15, 0.2) is 66.7 Å².